The van der Waals surface area contributed by atoms with Crippen LogP contribution in [0.25, 0.3) is 11.1 Å². The summed E-state index contributed by atoms with van der Waals surface area (Å²) in [5, 5.41) is 16.5. The zero-order chi connectivity index (χ0) is 28.3. The molecule has 204 valence electrons. The van der Waals surface area contributed by atoms with Crippen molar-refractivity contribution in [2.45, 2.75) is 44.9 Å². The molecule has 2 atom stereocenters. The number of hydroxylamine groups is 1. The summed E-state index contributed by atoms with van der Waals surface area (Å²) in [6, 6.07) is 13.8. The van der Waals surface area contributed by atoms with Gasteiger partial charge in [-0.2, -0.15) is 0 Å². The molecule has 2 rings (SSSR count). The molecule has 2 aromatic carbocycles. The highest BCUT2D eigenvalue weighted by Crippen LogP contribution is 2.19. The molecular formula is C26H33N5O7. The Morgan fingerprint density at radius 2 is 1.53 bits per heavy atom. The molecule has 0 spiro atoms. The Kier molecular flexibility index (Phi) is 10.9. The number of benzene rings is 2. The molecule has 0 heterocycles. The van der Waals surface area contributed by atoms with Crippen molar-refractivity contribution in [3.8, 4) is 11.1 Å². The van der Waals surface area contributed by atoms with E-state index in [-0.39, 0.29) is 12.1 Å². The lowest BCUT2D eigenvalue weighted by atomic mass is 10.0. The third kappa shape index (κ3) is 9.99. The van der Waals surface area contributed by atoms with Crippen LogP contribution < -0.4 is 27.2 Å². The average molecular weight is 528 g/mol. The lowest BCUT2D eigenvalue weighted by Gasteiger charge is -2.24. The molecule has 12 heteroatoms. The highest BCUT2D eigenvalue weighted by atomic mass is 16.6. The number of rotatable bonds is 12. The van der Waals surface area contributed by atoms with Gasteiger partial charge in [0.2, 0.25) is 11.8 Å². The number of carbonyl (C=O) groups excluding carboxylic acids is 5. The number of carbonyl (C=O) groups is 5. The fraction of sp³-hybridized carbons (Fsp3) is 0.346. The molecule has 0 saturated heterocycles. The maximum Gasteiger partial charge on any atom is 0.324 e. The number of primary amides is 1. The van der Waals surface area contributed by atoms with Gasteiger partial charge in [0.1, 0.15) is 17.7 Å². The number of hydrogen-bond donors (Lipinski definition) is 6. The first-order valence-electron chi connectivity index (χ1n) is 11.8. The van der Waals surface area contributed by atoms with Gasteiger partial charge in [0.25, 0.3) is 11.8 Å². The predicted molar refractivity (Wildman–Crippen MR) is 138 cm³/mol. The number of nitrogens with two attached hydrogens (primary N) is 1. The summed E-state index contributed by atoms with van der Waals surface area (Å²) in [5.41, 5.74) is 7.95. The molecule has 0 aliphatic heterocycles. The summed E-state index contributed by atoms with van der Waals surface area (Å²) in [4.78, 5) is 60.7. The average Bonchev–Trinajstić information content (AvgIpc) is 2.87. The van der Waals surface area contributed by atoms with E-state index in [1.807, 2.05) is 30.3 Å². The van der Waals surface area contributed by atoms with Gasteiger partial charge in [0.05, 0.1) is 13.0 Å². The Hall–Kier alpha value is -4.29. The molecule has 38 heavy (non-hydrogen) atoms. The summed E-state index contributed by atoms with van der Waals surface area (Å²) in [6.45, 7) is 4.17. The van der Waals surface area contributed by atoms with E-state index >= 15 is 0 Å². The number of amides is 4. The summed E-state index contributed by atoms with van der Waals surface area (Å²) >= 11 is 0. The van der Waals surface area contributed by atoms with Gasteiger partial charge in [-0.3, -0.25) is 34.5 Å². The summed E-state index contributed by atoms with van der Waals surface area (Å²) in [7, 11) is 0. The highest BCUT2D eigenvalue weighted by Gasteiger charge is 2.27. The zero-order valence-corrected chi connectivity index (χ0v) is 21.4. The van der Waals surface area contributed by atoms with Gasteiger partial charge in [-0.05, 0) is 44.0 Å². The van der Waals surface area contributed by atoms with Crippen LogP contribution in [-0.4, -0.2) is 65.6 Å². The van der Waals surface area contributed by atoms with E-state index in [9.17, 15) is 24.0 Å². The fourth-order valence-corrected chi connectivity index (χ4v) is 3.28. The van der Waals surface area contributed by atoms with E-state index < -0.39 is 60.2 Å². The minimum Gasteiger partial charge on any atom is -0.459 e. The van der Waals surface area contributed by atoms with Gasteiger partial charge in [-0.25, -0.2) is 5.48 Å². The molecule has 4 amide bonds. The van der Waals surface area contributed by atoms with Crippen LogP contribution in [0.1, 0.15) is 37.6 Å². The highest BCUT2D eigenvalue weighted by molar-refractivity contribution is 5.98. The van der Waals surface area contributed by atoms with Gasteiger partial charge in [0.15, 0.2) is 0 Å². The van der Waals surface area contributed by atoms with Gasteiger partial charge in [0, 0.05) is 12.1 Å². The van der Waals surface area contributed by atoms with Crippen molar-refractivity contribution >= 4 is 29.6 Å². The largest absolute Gasteiger partial charge is 0.459 e. The molecule has 12 nitrogen and oxygen atoms in total. The van der Waals surface area contributed by atoms with E-state index in [2.05, 4.69) is 16.0 Å². The quantitative estimate of drug-likeness (QED) is 0.129. The van der Waals surface area contributed by atoms with Crippen LogP contribution in [0.4, 0.5) is 0 Å². The summed E-state index contributed by atoms with van der Waals surface area (Å²) in [6.07, 6.45) is -0.392. The van der Waals surface area contributed by atoms with Crippen LogP contribution in [0.15, 0.2) is 54.6 Å². The Morgan fingerprint density at radius 1 is 0.921 bits per heavy atom. The van der Waals surface area contributed by atoms with Crippen molar-refractivity contribution in [2.75, 3.05) is 13.1 Å². The van der Waals surface area contributed by atoms with Crippen molar-refractivity contribution in [1.82, 2.24) is 21.4 Å². The van der Waals surface area contributed by atoms with E-state index in [0.717, 1.165) is 11.1 Å². The van der Waals surface area contributed by atoms with E-state index in [0.29, 0.717) is 0 Å². The smallest absolute Gasteiger partial charge is 0.324 e. The summed E-state index contributed by atoms with van der Waals surface area (Å²) in [5.74, 6) is -3.73. The Balaban J connectivity index is 1.96. The first-order chi connectivity index (χ1) is 17.9. The number of hydrogen-bond acceptors (Lipinski definition) is 8. The molecule has 0 aliphatic carbocycles. The third-order valence-corrected chi connectivity index (χ3v) is 5.10. The number of esters is 1. The first-order valence-corrected chi connectivity index (χ1v) is 11.8. The molecule has 0 saturated carbocycles. The molecule has 7 N–H and O–H groups in total. The van der Waals surface area contributed by atoms with Crippen LogP contribution in [0.3, 0.4) is 0 Å². The maximum absolute atomic E-state index is 12.7. The van der Waals surface area contributed by atoms with Crippen LogP contribution in [-0.2, 0) is 23.9 Å². The molecular weight excluding hydrogens is 494 g/mol. The van der Waals surface area contributed by atoms with Crippen molar-refractivity contribution in [3.63, 3.8) is 0 Å². The molecule has 0 aromatic heterocycles. The Morgan fingerprint density at radius 3 is 2.08 bits per heavy atom. The van der Waals surface area contributed by atoms with Crippen LogP contribution in [0.2, 0.25) is 0 Å². The van der Waals surface area contributed by atoms with Crippen molar-refractivity contribution in [3.05, 3.63) is 60.2 Å². The molecule has 0 bridgehead atoms. The molecule has 0 radical (unpaired) electrons. The SMILES string of the molecule is CC(C)(C)OC(=O)C(CC(N)=O)NCC(=O)NC[C@H](NC(=O)c1ccc(-c2ccccc2)cc1)C(=O)NO. The predicted octanol–water partition coefficient (Wildman–Crippen LogP) is 0.249. The normalized spacial score (nSPS) is 12.5. The minimum atomic E-state index is -1.31. The monoisotopic (exact) mass is 527 g/mol. The molecule has 1 unspecified atom stereocenters. The van der Waals surface area contributed by atoms with E-state index in [4.69, 9.17) is 15.7 Å². The molecule has 2 aromatic rings. The lowest BCUT2D eigenvalue weighted by Crippen LogP contribution is -2.53. The fourth-order valence-electron chi connectivity index (χ4n) is 3.28. The van der Waals surface area contributed by atoms with Crippen molar-refractivity contribution in [1.29, 1.82) is 0 Å². The topological polar surface area (TPSA) is 189 Å². The zero-order valence-electron chi connectivity index (χ0n) is 21.4. The minimum absolute atomic E-state index is 0.264. The van der Waals surface area contributed by atoms with Crippen molar-refractivity contribution < 1.29 is 33.9 Å². The van der Waals surface area contributed by atoms with E-state index in [1.54, 1.807) is 45.0 Å². The van der Waals surface area contributed by atoms with Gasteiger partial charge < -0.3 is 21.1 Å². The number of ether oxygens (including phenoxy) is 1. The molecule has 0 aliphatic rings. The van der Waals surface area contributed by atoms with Gasteiger partial charge >= 0.3 is 5.97 Å². The van der Waals surface area contributed by atoms with Crippen LogP contribution in [0.5, 0.6) is 0 Å². The third-order valence-electron chi connectivity index (χ3n) is 5.10. The van der Waals surface area contributed by atoms with Crippen molar-refractivity contribution in [2.24, 2.45) is 5.73 Å². The Bertz CT molecular complexity index is 1130. The molecule has 0 fully saturated rings. The van der Waals surface area contributed by atoms with Crippen LogP contribution >= 0.6 is 0 Å². The standard InChI is InChI=1S/C26H33N5O7/c1-26(2,3)38-25(36)19(13-21(27)32)28-15-22(33)29-14-20(24(35)31-37)30-23(34)18-11-9-17(10-12-18)16-7-5-4-6-8-16/h4-12,19-20,28,37H,13-15H2,1-3H3,(H2,27,32)(H,29,33)(H,30,34)(H,31,35)/t19?,20-/m0/s1. The lowest BCUT2D eigenvalue weighted by molar-refractivity contribution is -0.158. The van der Waals surface area contributed by atoms with Gasteiger partial charge in [-0.1, -0.05) is 42.5 Å². The second-order valence-electron chi connectivity index (χ2n) is 9.39. The second-order valence-corrected chi connectivity index (χ2v) is 9.39. The first kappa shape index (κ1) is 29.9. The number of nitrogens with one attached hydrogen (secondary N) is 4. The summed E-state index contributed by atoms with van der Waals surface area (Å²) < 4.78 is 5.23. The van der Waals surface area contributed by atoms with Crippen LogP contribution in [0, 0.1) is 0 Å². The Labute approximate surface area is 220 Å². The maximum atomic E-state index is 12.7. The van der Waals surface area contributed by atoms with E-state index in [1.165, 1.54) is 5.48 Å². The van der Waals surface area contributed by atoms with Gasteiger partial charge in [-0.15, -0.1) is 0 Å². The second kappa shape index (κ2) is 13.9.